The van der Waals surface area contributed by atoms with Crippen LogP contribution in [0, 0.1) is 5.92 Å². The number of nitrogens with zero attached hydrogens (tertiary/aromatic N) is 3. The molecule has 4 rings (SSSR count). The van der Waals surface area contributed by atoms with Crippen LogP contribution in [-0.2, 0) is 14.8 Å². The van der Waals surface area contributed by atoms with E-state index in [1.807, 2.05) is 4.72 Å². The van der Waals surface area contributed by atoms with E-state index in [4.69, 9.17) is 4.74 Å². The van der Waals surface area contributed by atoms with Crippen molar-refractivity contribution in [2.24, 2.45) is 5.92 Å². The quantitative estimate of drug-likeness (QED) is 0.126. The molecule has 42 heavy (non-hydrogen) atoms. The SMILES string of the molecule is O=C(N[C@@H](C1CCCCC1)[C@H](O)Nc1cc(SC2COC2)c(S(=O)(=O)NCC(F)F)cn1)c1nonc1SCC(F)F. The summed E-state index contributed by atoms with van der Waals surface area (Å²) in [6.45, 7) is -0.330. The number of carbonyl (C=O) groups is 1. The number of aromatic nitrogens is 3. The molecule has 4 N–H and O–H groups in total. The first-order chi connectivity index (χ1) is 20.0. The van der Waals surface area contributed by atoms with Crippen LogP contribution in [0.3, 0.4) is 0 Å². The van der Waals surface area contributed by atoms with Crippen LogP contribution in [0.4, 0.5) is 23.4 Å². The minimum atomic E-state index is -4.32. The predicted octanol–water partition coefficient (Wildman–Crippen LogP) is 2.97. The molecule has 1 amide bonds. The van der Waals surface area contributed by atoms with Crippen LogP contribution < -0.4 is 15.4 Å². The van der Waals surface area contributed by atoms with Crippen molar-refractivity contribution in [1.82, 2.24) is 25.3 Å². The number of rotatable bonds is 15. The minimum absolute atomic E-state index is 0.0725. The first-order valence-corrected chi connectivity index (χ1v) is 16.4. The summed E-state index contributed by atoms with van der Waals surface area (Å²) in [5.41, 5.74) is -0.293. The van der Waals surface area contributed by atoms with Gasteiger partial charge < -0.3 is 20.5 Å². The summed E-state index contributed by atoms with van der Waals surface area (Å²) in [5, 5.41) is 23.7. The third-order valence-corrected chi connectivity index (χ3v) is 10.3. The Labute approximate surface area is 247 Å². The second-order valence-electron chi connectivity index (χ2n) is 9.64. The zero-order valence-corrected chi connectivity index (χ0v) is 24.5. The Morgan fingerprint density at radius 1 is 1.12 bits per heavy atom. The summed E-state index contributed by atoms with van der Waals surface area (Å²) in [6.07, 6.45) is -1.83. The number of aliphatic hydroxyl groups is 1. The third kappa shape index (κ3) is 8.91. The number of halogens is 4. The van der Waals surface area contributed by atoms with Crippen LogP contribution in [0.5, 0.6) is 0 Å². The number of aliphatic hydroxyl groups excluding tert-OH is 1. The van der Waals surface area contributed by atoms with Gasteiger partial charge in [0, 0.05) is 4.90 Å². The molecule has 0 unspecified atom stereocenters. The lowest BCUT2D eigenvalue weighted by Gasteiger charge is -2.34. The zero-order valence-electron chi connectivity index (χ0n) is 22.0. The van der Waals surface area contributed by atoms with Gasteiger partial charge in [-0.15, -0.1) is 11.8 Å². The average Bonchev–Trinajstić information content (AvgIpc) is 3.41. The molecule has 0 radical (unpaired) electrons. The lowest BCUT2D eigenvalue weighted by Crippen LogP contribution is -2.52. The molecular weight excluding hydrogens is 628 g/mol. The maximum absolute atomic E-state index is 13.1. The van der Waals surface area contributed by atoms with Crippen molar-refractivity contribution in [3.8, 4) is 0 Å². The highest BCUT2D eigenvalue weighted by atomic mass is 32.2. The Morgan fingerprint density at radius 3 is 2.50 bits per heavy atom. The number of hydrogen-bond acceptors (Lipinski definition) is 12. The lowest BCUT2D eigenvalue weighted by atomic mass is 9.83. The number of alkyl halides is 4. The first-order valence-electron chi connectivity index (χ1n) is 13.0. The predicted molar refractivity (Wildman–Crippen MR) is 144 cm³/mol. The van der Waals surface area contributed by atoms with Crippen LogP contribution in [0.15, 0.2) is 31.7 Å². The van der Waals surface area contributed by atoms with Crippen LogP contribution in [0.2, 0.25) is 0 Å². The van der Waals surface area contributed by atoms with Gasteiger partial charge >= 0.3 is 0 Å². The molecule has 0 bridgehead atoms. The largest absolute Gasteiger partial charge is 0.379 e. The summed E-state index contributed by atoms with van der Waals surface area (Å²) in [7, 11) is -4.32. The molecule has 1 saturated carbocycles. The number of amides is 1. The summed E-state index contributed by atoms with van der Waals surface area (Å²) >= 11 is 1.78. The van der Waals surface area contributed by atoms with Crippen molar-refractivity contribution in [3.63, 3.8) is 0 Å². The highest BCUT2D eigenvalue weighted by Crippen LogP contribution is 2.35. The zero-order chi connectivity index (χ0) is 30.3. The molecule has 0 aromatic carbocycles. The van der Waals surface area contributed by atoms with Gasteiger partial charge in [0.05, 0.1) is 43.0 Å². The number of ether oxygens (including phenoxy) is 1. The molecule has 12 nitrogen and oxygen atoms in total. The summed E-state index contributed by atoms with van der Waals surface area (Å²) < 4.78 is 87.8. The number of thioether (sulfide) groups is 2. The number of carbonyl (C=O) groups excluding carboxylic acids is 1. The number of pyridine rings is 1. The Hall–Kier alpha value is -2.19. The molecule has 2 atom stereocenters. The van der Waals surface area contributed by atoms with E-state index in [-0.39, 0.29) is 37.5 Å². The van der Waals surface area contributed by atoms with E-state index in [9.17, 15) is 35.9 Å². The highest BCUT2D eigenvalue weighted by Gasteiger charge is 2.34. The summed E-state index contributed by atoms with van der Waals surface area (Å²) in [4.78, 5) is 17.1. The molecule has 2 fully saturated rings. The van der Waals surface area contributed by atoms with Crippen LogP contribution >= 0.6 is 23.5 Å². The Morgan fingerprint density at radius 2 is 1.86 bits per heavy atom. The van der Waals surface area contributed by atoms with E-state index < -0.39 is 53.3 Å². The van der Waals surface area contributed by atoms with Crippen molar-refractivity contribution >= 4 is 45.3 Å². The molecule has 1 aliphatic carbocycles. The molecule has 234 valence electrons. The second-order valence-corrected chi connectivity index (χ2v) is 13.7. The molecule has 2 aromatic rings. The maximum atomic E-state index is 13.1. The van der Waals surface area contributed by atoms with Gasteiger partial charge in [0.15, 0.2) is 5.03 Å². The van der Waals surface area contributed by atoms with Crippen molar-refractivity contribution in [3.05, 3.63) is 18.0 Å². The van der Waals surface area contributed by atoms with Gasteiger partial charge in [-0.25, -0.2) is 40.3 Å². The van der Waals surface area contributed by atoms with Crippen molar-refractivity contribution in [2.45, 2.75) is 77.3 Å². The number of hydrogen-bond donors (Lipinski definition) is 4. The van der Waals surface area contributed by atoms with Gasteiger partial charge in [-0.05, 0) is 35.1 Å². The van der Waals surface area contributed by atoms with E-state index >= 15 is 0 Å². The Balaban J connectivity index is 1.54. The fourth-order valence-corrected chi connectivity index (χ4v) is 7.64. The standard InChI is InChI=1S/C23H30F4N6O6S3/c24-16(25)8-29-42(36,37)15-7-28-18(6-14(15)41-13-9-38-10-13)30-21(34)19(12-4-2-1-3-5-12)31-22(35)20-23(33-39-32-20)40-11-17(26)27/h6-7,12-13,16-17,19,21,29,34H,1-5,8-11H2,(H,28,30)(H,31,35)/t19-,21-/m0/s1. The fraction of sp³-hybridized carbons (Fsp3) is 0.652. The van der Waals surface area contributed by atoms with Crippen molar-refractivity contribution < 1.29 is 45.2 Å². The maximum Gasteiger partial charge on any atom is 0.276 e. The molecule has 2 aromatic heterocycles. The first kappa shape index (κ1) is 32.7. The van der Waals surface area contributed by atoms with Crippen LogP contribution in [0.1, 0.15) is 42.6 Å². The molecule has 1 aliphatic heterocycles. The van der Waals surface area contributed by atoms with E-state index in [1.165, 1.54) is 17.8 Å². The molecule has 19 heteroatoms. The molecular formula is C23H30F4N6O6S3. The number of anilines is 1. The van der Waals surface area contributed by atoms with Crippen molar-refractivity contribution in [1.29, 1.82) is 0 Å². The normalized spacial score (nSPS) is 18.2. The van der Waals surface area contributed by atoms with Gasteiger partial charge in [0.1, 0.15) is 16.9 Å². The van der Waals surface area contributed by atoms with Gasteiger partial charge in [-0.3, -0.25) is 4.79 Å². The van der Waals surface area contributed by atoms with Gasteiger partial charge in [-0.2, -0.15) is 0 Å². The molecule has 2 aliphatic rings. The van der Waals surface area contributed by atoms with Gasteiger partial charge in [0.2, 0.25) is 22.1 Å². The lowest BCUT2D eigenvalue weighted by molar-refractivity contribution is 0.0455. The molecule has 1 saturated heterocycles. The van der Waals surface area contributed by atoms with E-state index in [2.05, 4.69) is 30.6 Å². The number of sulfonamides is 1. The summed E-state index contributed by atoms with van der Waals surface area (Å²) in [5.74, 6) is -1.48. The Kier molecular flexibility index (Phi) is 11.7. The van der Waals surface area contributed by atoms with Crippen LogP contribution in [0.25, 0.3) is 0 Å². The monoisotopic (exact) mass is 658 g/mol. The Bertz CT molecular complexity index is 1300. The highest BCUT2D eigenvalue weighted by molar-refractivity contribution is 8.00. The van der Waals surface area contributed by atoms with E-state index in [0.717, 1.165) is 25.5 Å². The topological polar surface area (TPSA) is 169 Å². The third-order valence-electron chi connectivity index (χ3n) is 6.56. The van der Waals surface area contributed by atoms with E-state index in [1.54, 1.807) is 0 Å². The van der Waals surface area contributed by atoms with Crippen molar-refractivity contribution in [2.75, 3.05) is 30.8 Å². The minimum Gasteiger partial charge on any atom is -0.379 e. The van der Waals surface area contributed by atoms with Gasteiger partial charge in [0.25, 0.3) is 12.3 Å². The van der Waals surface area contributed by atoms with Gasteiger partial charge in [-0.1, -0.05) is 31.0 Å². The summed E-state index contributed by atoms with van der Waals surface area (Å²) in [6, 6.07) is 0.500. The fourth-order valence-electron chi connectivity index (χ4n) is 4.47. The molecule has 0 spiro atoms. The smallest absolute Gasteiger partial charge is 0.276 e. The van der Waals surface area contributed by atoms with E-state index in [0.29, 0.717) is 37.8 Å². The molecule has 3 heterocycles. The van der Waals surface area contributed by atoms with Crippen LogP contribution in [-0.4, -0.2) is 90.6 Å². The number of nitrogens with one attached hydrogen (secondary N) is 3. The average molecular weight is 659 g/mol. The second kappa shape index (κ2) is 15.0.